The molecule has 1 unspecified atom stereocenters. The number of nitroso groups, excluding NO2 is 1. The van der Waals surface area contributed by atoms with Gasteiger partial charge in [-0.15, -0.1) is 0 Å². The fourth-order valence-corrected chi connectivity index (χ4v) is 3.75. The molecule has 132 valence electrons. The van der Waals surface area contributed by atoms with Gasteiger partial charge in [0.15, 0.2) is 0 Å². The maximum atomic E-state index is 10.9. The first kappa shape index (κ1) is 18.0. The normalized spacial score (nSPS) is 25.7. The van der Waals surface area contributed by atoms with Crippen molar-refractivity contribution in [3.05, 3.63) is 64.8 Å². The van der Waals surface area contributed by atoms with Crippen LogP contribution in [0.25, 0.3) is 17.2 Å². The largest absolute Gasteiger partial charge is 0.256 e. The molecule has 4 nitrogen and oxygen atoms in total. The van der Waals surface area contributed by atoms with Gasteiger partial charge >= 0.3 is 0 Å². The summed E-state index contributed by atoms with van der Waals surface area (Å²) in [5, 5.41) is 12.5. The first-order valence-electron chi connectivity index (χ1n) is 9.08. The van der Waals surface area contributed by atoms with E-state index in [9.17, 15) is 10.2 Å². The first-order chi connectivity index (χ1) is 12.6. The lowest BCUT2D eigenvalue weighted by Crippen LogP contribution is -2.30. The zero-order chi connectivity index (χ0) is 18.5. The number of benzene rings is 1. The van der Waals surface area contributed by atoms with Crippen molar-refractivity contribution in [1.29, 1.82) is 5.26 Å². The number of hydrogen-bond donors (Lipinski definition) is 0. The van der Waals surface area contributed by atoms with Crippen molar-refractivity contribution in [2.24, 2.45) is 22.9 Å². The van der Waals surface area contributed by atoms with Crippen LogP contribution in [-0.2, 0) is 0 Å². The molecule has 0 bridgehead atoms. The van der Waals surface area contributed by atoms with E-state index in [2.05, 4.69) is 36.2 Å². The number of pyridine rings is 1. The Morgan fingerprint density at radius 2 is 2.00 bits per heavy atom. The summed E-state index contributed by atoms with van der Waals surface area (Å²) in [5.41, 5.74) is 3.36. The summed E-state index contributed by atoms with van der Waals surface area (Å²) in [5.74, 6) is 1.38. The number of aromatic nitrogens is 1. The topological polar surface area (TPSA) is 66.1 Å². The van der Waals surface area contributed by atoms with Crippen LogP contribution in [0.15, 0.2) is 53.8 Å². The minimum atomic E-state index is -0.0753. The Morgan fingerprint density at radius 3 is 2.69 bits per heavy atom. The molecular formula is C22H23N3O. The molecule has 3 rings (SSSR count). The van der Waals surface area contributed by atoms with Gasteiger partial charge in [-0.05, 0) is 48.8 Å². The lowest BCUT2D eigenvalue weighted by molar-refractivity contribution is 0.198. The third-order valence-electron chi connectivity index (χ3n) is 5.57. The van der Waals surface area contributed by atoms with E-state index in [1.165, 1.54) is 0 Å². The molecule has 1 saturated carbocycles. The van der Waals surface area contributed by atoms with Crippen molar-refractivity contribution in [3.63, 3.8) is 0 Å². The quantitative estimate of drug-likeness (QED) is 0.692. The van der Waals surface area contributed by atoms with E-state index in [1.807, 2.05) is 42.5 Å². The molecule has 1 aliphatic carbocycles. The van der Waals surface area contributed by atoms with E-state index in [-0.39, 0.29) is 6.04 Å². The molecule has 0 amide bonds. The molecule has 1 aliphatic rings. The Balaban J connectivity index is 1.76. The summed E-state index contributed by atoms with van der Waals surface area (Å²) in [6.07, 6.45) is 7.71. The van der Waals surface area contributed by atoms with Gasteiger partial charge in [0.1, 0.15) is 0 Å². The molecule has 0 saturated heterocycles. The second-order valence-corrected chi connectivity index (χ2v) is 7.22. The summed E-state index contributed by atoms with van der Waals surface area (Å²) in [4.78, 5) is 15.5. The van der Waals surface area contributed by atoms with Gasteiger partial charge < -0.3 is 0 Å². The van der Waals surface area contributed by atoms with Crippen molar-refractivity contribution in [1.82, 2.24) is 4.98 Å². The van der Waals surface area contributed by atoms with Crippen LogP contribution in [0.3, 0.4) is 0 Å². The second-order valence-electron chi connectivity index (χ2n) is 7.22. The van der Waals surface area contributed by atoms with E-state index in [4.69, 9.17) is 0 Å². The van der Waals surface area contributed by atoms with E-state index < -0.39 is 0 Å². The third-order valence-corrected chi connectivity index (χ3v) is 5.57. The van der Waals surface area contributed by atoms with Crippen LogP contribution in [-0.4, -0.2) is 11.0 Å². The van der Waals surface area contributed by atoms with Crippen LogP contribution < -0.4 is 0 Å². The number of hydrogen-bond acceptors (Lipinski definition) is 4. The van der Waals surface area contributed by atoms with Crippen molar-refractivity contribution in [3.8, 4) is 17.2 Å². The van der Waals surface area contributed by atoms with E-state index in [1.54, 1.807) is 6.20 Å². The van der Waals surface area contributed by atoms with Crippen molar-refractivity contribution in [2.75, 3.05) is 0 Å². The molecule has 4 heteroatoms. The maximum absolute atomic E-state index is 10.9. The van der Waals surface area contributed by atoms with Gasteiger partial charge in [0.25, 0.3) is 0 Å². The Bertz CT molecular complexity index is 835. The summed E-state index contributed by atoms with van der Waals surface area (Å²) < 4.78 is 0. The molecule has 0 aliphatic heterocycles. The Hall–Kier alpha value is -2.80. The van der Waals surface area contributed by atoms with Gasteiger partial charge in [-0.2, -0.15) is 10.2 Å². The van der Waals surface area contributed by atoms with Crippen LogP contribution in [0, 0.1) is 34.0 Å². The minimum Gasteiger partial charge on any atom is -0.256 e. The van der Waals surface area contributed by atoms with Crippen LogP contribution in [0.1, 0.15) is 37.9 Å². The third kappa shape index (κ3) is 3.88. The Morgan fingerprint density at radius 1 is 1.19 bits per heavy atom. The highest BCUT2D eigenvalue weighted by Crippen LogP contribution is 2.37. The van der Waals surface area contributed by atoms with Gasteiger partial charge in [0.05, 0.1) is 23.4 Å². The lowest BCUT2D eigenvalue weighted by atomic mass is 9.72. The van der Waals surface area contributed by atoms with Crippen LogP contribution in [0.4, 0.5) is 0 Å². The highest BCUT2D eigenvalue weighted by atomic mass is 16.3. The fourth-order valence-electron chi connectivity index (χ4n) is 3.75. The maximum Gasteiger partial charge on any atom is 0.0998 e. The summed E-state index contributed by atoms with van der Waals surface area (Å²) in [6, 6.07) is 13.6. The van der Waals surface area contributed by atoms with E-state index >= 15 is 0 Å². The Kier molecular flexibility index (Phi) is 5.58. The molecule has 1 aromatic carbocycles. The number of allylic oxidation sites excluding steroid dienone is 1. The van der Waals surface area contributed by atoms with E-state index in [0.717, 1.165) is 29.7 Å². The SMILES string of the molecule is C[C@H]1[C@H](C=Cc2ccc(-c3ccccc3C#N)cn2)CC(N=O)C[C@@H]1C. The minimum absolute atomic E-state index is 0.0753. The smallest absolute Gasteiger partial charge is 0.0998 e. The molecule has 1 fully saturated rings. The van der Waals surface area contributed by atoms with Crippen molar-refractivity contribution >= 4 is 6.08 Å². The molecule has 26 heavy (non-hydrogen) atoms. The van der Waals surface area contributed by atoms with Crippen molar-refractivity contribution < 1.29 is 0 Å². The lowest BCUT2D eigenvalue weighted by Gasteiger charge is -2.34. The molecular weight excluding hydrogens is 322 g/mol. The van der Waals surface area contributed by atoms with Crippen LogP contribution in [0.5, 0.6) is 0 Å². The highest BCUT2D eigenvalue weighted by Gasteiger charge is 2.31. The number of rotatable bonds is 4. The predicted molar refractivity (Wildman–Crippen MR) is 104 cm³/mol. The zero-order valence-corrected chi connectivity index (χ0v) is 15.2. The summed E-state index contributed by atoms with van der Waals surface area (Å²) in [7, 11) is 0. The van der Waals surface area contributed by atoms with E-state index in [0.29, 0.717) is 23.3 Å². The number of nitrogens with zero attached hydrogens (tertiary/aromatic N) is 3. The van der Waals surface area contributed by atoms with Gasteiger partial charge in [-0.1, -0.05) is 49.4 Å². The standard InChI is InChI=1S/C22H23N3O/c1-15-11-21(25-26)12-17(16(15)2)7-9-20-10-8-19(14-24-20)22-6-4-3-5-18(22)13-23/h3-10,14-17,21H,11-12H2,1-2H3/t15-,16+,17+,21?/m0/s1. The van der Waals surface area contributed by atoms with Crippen LogP contribution in [0.2, 0.25) is 0 Å². The fraction of sp³-hybridized carbons (Fsp3) is 0.364. The van der Waals surface area contributed by atoms with Gasteiger partial charge in [-0.3, -0.25) is 4.98 Å². The monoisotopic (exact) mass is 345 g/mol. The molecule has 0 N–H and O–H groups in total. The van der Waals surface area contributed by atoms with Gasteiger partial charge in [0, 0.05) is 17.3 Å². The summed E-state index contributed by atoms with van der Waals surface area (Å²) in [6.45, 7) is 4.44. The second kappa shape index (κ2) is 8.05. The molecule has 1 heterocycles. The van der Waals surface area contributed by atoms with Crippen LogP contribution >= 0.6 is 0 Å². The average Bonchev–Trinajstić information content (AvgIpc) is 2.69. The molecule has 2 aromatic rings. The molecule has 0 spiro atoms. The van der Waals surface area contributed by atoms with Gasteiger partial charge in [0.2, 0.25) is 0 Å². The highest BCUT2D eigenvalue weighted by molar-refractivity contribution is 5.70. The molecule has 0 radical (unpaired) electrons. The molecule has 1 aromatic heterocycles. The Labute approximate surface area is 154 Å². The first-order valence-corrected chi connectivity index (χ1v) is 9.08. The number of nitriles is 1. The molecule has 4 atom stereocenters. The van der Waals surface area contributed by atoms with Gasteiger partial charge in [-0.25, -0.2) is 0 Å². The van der Waals surface area contributed by atoms with Crippen molar-refractivity contribution in [2.45, 2.75) is 32.7 Å². The average molecular weight is 345 g/mol. The zero-order valence-electron chi connectivity index (χ0n) is 15.2. The summed E-state index contributed by atoms with van der Waals surface area (Å²) >= 11 is 0. The predicted octanol–water partition coefficient (Wildman–Crippen LogP) is 5.45.